The van der Waals surface area contributed by atoms with Gasteiger partial charge < -0.3 is 14.5 Å². The number of pyridine rings is 1. The van der Waals surface area contributed by atoms with Crippen LogP contribution in [-0.4, -0.2) is 73.1 Å². The van der Waals surface area contributed by atoms with Crippen molar-refractivity contribution in [2.75, 3.05) is 51.3 Å². The predicted octanol–water partition coefficient (Wildman–Crippen LogP) is 2.52. The van der Waals surface area contributed by atoms with E-state index >= 15 is 0 Å². The van der Waals surface area contributed by atoms with Crippen molar-refractivity contribution in [1.82, 2.24) is 14.8 Å². The molecule has 1 amide bonds. The van der Waals surface area contributed by atoms with E-state index in [-0.39, 0.29) is 5.91 Å². The maximum Gasteiger partial charge on any atom is 0.254 e. The molecule has 1 atom stereocenters. The number of carbonyl (C=O) groups is 1. The molecule has 2 aliphatic heterocycles. The quantitative estimate of drug-likeness (QED) is 0.816. The van der Waals surface area contributed by atoms with Gasteiger partial charge in [-0.2, -0.15) is 0 Å². The van der Waals surface area contributed by atoms with E-state index in [0.29, 0.717) is 6.04 Å². The van der Waals surface area contributed by atoms with Gasteiger partial charge in [0.1, 0.15) is 5.75 Å². The van der Waals surface area contributed by atoms with Gasteiger partial charge in [-0.1, -0.05) is 0 Å². The van der Waals surface area contributed by atoms with Gasteiger partial charge in [0.25, 0.3) is 5.91 Å². The van der Waals surface area contributed by atoms with E-state index in [2.05, 4.69) is 26.9 Å². The number of amides is 1. The van der Waals surface area contributed by atoms with Crippen LogP contribution in [0.15, 0.2) is 48.8 Å². The second kappa shape index (κ2) is 8.61. The molecule has 0 bridgehead atoms. The number of benzene rings is 1. The molecule has 148 valence electrons. The summed E-state index contributed by atoms with van der Waals surface area (Å²) in [6.45, 7) is 5.78. The van der Waals surface area contributed by atoms with Crippen molar-refractivity contribution >= 4 is 11.6 Å². The predicted molar refractivity (Wildman–Crippen MR) is 110 cm³/mol. The summed E-state index contributed by atoms with van der Waals surface area (Å²) in [6, 6.07) is 12.4. The molecule has 0 spiro atoms. The average Bonchev–Trinajstić information content (AvgIpc) is 2.79. The van der Waals surface area contributed by atoms with Gasteiger partial charge in [0, 0.05) is 69.0 Å². The Morgan fingerprint density at radius 1 is 1.00 bits per heavy atom. The third kappa shape index (κ3) is 4.12. The van der Waals surface area contributed by atoms with Crippen molar-refractivity contribution < 1.29 is 9.53 Å². The van der Waals surface area contributed by atoms with E-state index in [4.69, 9.17) is 4.74 Å². The van der Waals surface area contributed by atoms with E-state index in [9.17, 15) is 4.79 Å². The fourth-order valence-electron chi connectivity index (χ4n) is 4.25. The normalized spacial score (nSPS) is 20.8. The van der Waals surface area contributed by atoms with Crippen LogP contribution in [-0.2, 0) is 0 Å². The summed E-state index contributed by atoms with van der Waals surface area (Å²) in [5.74, 6) is 1.02. The Labute approximate surface area is 166 Å². The van der Waals surface area contributed by atoms with Gasteiger partial charge in [0.15, 0.2) is 0 Å². The number of ether oxygens (including phenoxy) is 1. The molecule has 2 aromatic rings. The van der Waals surface area contributed by atoms with Gasteiger partial charge in [0.05, 0.1) is 7.11 Å². The number of piperazine rings is 1. The zero-order valence-corrected chi connectivity index (χ0v) is 16.5. The maximum absolute atomic E-state index is 12.8. The SMILES string of the molecule is COc1ccc(N2CCN([C@H]3CCCN(C(=O)c4ccncc4)C3)CC2)cc1. The average molecular weight is 380 g/mol. The van der Waals surface area contributed by atoms with Crippen LogP contribution in [0.1, 0.15) is 23.2 Å². The van der Waals surface area contributed by atoms with Gasteiger partial charge in [0.2, 0.25) is 0 Å². The minimum Gasteiger partial charge on any atom is -0.497 e. The first-order valence-corrected chi connectivity index (χ1v) is 10.1. The fourth-order valence-corrected chi connectivity index (χ4v) is 4.25. The largest absolute Gasteiger partial charge is 0.497 e. The molecule has 2 aliphatic rings. The zero-order chi connectivity index (χ0) is 19.3. The maximum atomic E-state index is 12.8. The summed E-state index contributed by atoms with van der Waals surface area (Å²) in [6.07, 6.45) is 5.61. The second-order valence-corrected chi connectivity index (χ2v) is 7.50. The summed E-state index contributed by atoms with van der Waals surface area (Å²) >= 11 is 0. The van der Waals surface area contributed by atoms with Crippen LogP contribution >= 0.6 is 0 Å². The van der Waals surface area contributed by atoms with E-state index < -0.39 is 0 Å². The summed E-state index contributed by atoms with van der Waals surface area (Å²) in [7, 11) is 1.70. The Bertz CT molecular complexity index is 773. The van der Waals surface area contributed by atoms with Crippen molar-refractivity contribution in [1.29, 1.82) is 0 Å². The van der Waals surface area contributed by atoms with Crippen molar-refractivity contribution in [3.63, 3.8) is 0 Å². The van der Waals surface area contributed by atoms with Crippen LogP contribution < -0.4 is 9.64 Å². The lowest BCUT2D eigenvalue weighted by atomic mass is 10.0. The number of carbonyl (C=O) groups excluding carboxylic acids is 1. The molecule has 0 aliphatic carbocycles. The lowest BCUT2D eigenvalue weighted by Crippen LogP contribution is -2.55. The van der Waals surface area contributed by atoms with Crippen LogP contribution in [0.2, 0.25) is 0 Å². The molecule has 2 fully saturated rings. The number of hydrogen-bond donors (Lipinski definition) is 0. The molecule has 4 rings (SSSR count). The molecule has 1 aromatic heterocycles. The van der Waals surface area contributed by atoms with E-state index in [1.54, 1.807) is 31.6 Å². The first kappa shape index (κ1) is 18.7. The topological polar surface area (TPSA) is 48.9 Å². The number of rotatable bonds is 4. The van der Waals surface area contributed by atoms with Crippen molar-refractivity contribution in [2.45, 2.75) is 18.9 Å². The van der Waals surface area contributed by atoms with Crippen molar-refractivity contribution in [3.8, 4) is 5.75 Å². The Kier molecular flexibility index (Phi) is 5.76. The van der Waals surface area contributed by atoms with Gasteiger partial charge in [-0.3, -0.25) is 14.7 Å². The third-order valence-corrected chi connectivity index (χ3v) is 5.88. The van der Waals surface area contributed by atoms with Crippen LogP contribution in [0.25, 0.3) is 0 Å². The van der Waals surface area contributed by atoms with E-state index in [1.807, 2.05) is 17.0 Å². The number of piperidine rings is 1. The summed E-state index contributed by atoms with van der Waals surface area (Å²) < 4.78 is 5.25. The number of hydrogen-bond acceptors (Lipinski definition) is 5. The number of methoxy groups -OCH3 is 1. The highest BCUT2D eigenvalue weighted by Gasteiger charge is 2.30. The summed E-state index contributed by atoms with van der Waals surface area (Å²) in [4.78, 5) is 23.8. The molecular weight excluding hydrogens is 352 g/mol. The molecule has 2 saturated heterocycles. The fraction of sp³-hybridized carbons (Fsp3) is 0.455. The van der Waals surface area contributed by atoms with E-state index in [1.165, 1.54) is 12.1 Å². The first-order valence-electron chi connectivity index (χ1n) is 10.1. The van der Waals surface area contributed by atoms with Crippen LogP contribution in [0.5, 0.6) is 5.75 Å². The third-order valence-electron chi connectivity index (χ3n) is 5.88. The lowest BCUT2D eigenvalue weighted by Gasteiger charge is -2.44. The lowest BCUT2D eigenvalue weighted by molar-refractivity contribution is 0.0563. The first-order chi connectivity index (χ1) is 13.7. The number of aromatic nitrogens is 1. The van der Waals surface area contributed by atoms with Crippen molar-refractivity contribution in [3.05, 3.63) is 54.4 Å². The molecule has 0 unspecified atom stereocenters. The molecular formula is C22H28N4O2. The smallest absolute Gasteiger partial charge is 0.254 e. The summed E-state index contributed by atoms with van der Waals surface area (Å²) in [5.41, 5.74) is 1.98. The molecule has 3 heterocycles. The summed E-state index contributed by atoms with van der Waals surface area (Å²) in [5, 5.41) is 0. The molecule has 6 nitrogen and oxygen atoms in total. The minimum absolute atomic E-state index is 0.129. The van der Waals surface area contributed by atoms with Gasteiger partial charge in [-0.15, -0.1) is 0 Å². The number of likely N-dealkylation sites (tertiary alicyclic amines) is 1. The van der Waals surface area contributed by atoms with Gasteiger partial charge in [-0.05, 0) is 49.2 Å². The molecule has 6 heteroatoms. The monoisotopic (exact) mass is 380 g/mol. The Morgan fingerprint density at radius 2 is 1.71 bits per heavy atom. The highest BCUT2D eigenvalue weighted by Crippen LogP contribution is 2.23. The Morgan fingerprint density at radius 3 is 2.39 bits per heavy atom. The van der Waals surface area contributed by atoms with Gasteiger partial charge in [-0.25, -0.2) is 0 Å². The van der Waals surface area contributed by atoms with Crippen LogP contribution in [0.3, 0.4) is 0 Å². The van der Waals surface area contributed by atoms with Crippen molar-refractivity contribution in [2.24, 2.45) is 0 Å². The molecule has 0 radical (unpaired) electrons. The molecule has 0 saturated carbocycles. The molecule has 1 aromatic carbocycles. The standard InChI is InChI=1S/C22H28N4O2/c1-28-21-6-4-19(5-7-21)24-13-15-25(16-14-24)20-3-2-12-26(17-20)22(27)18-8-10-23-11-9-18/h4-11,20H,2-3,12-17H2,1H3/t20-/m0/s1. The highest BCUT2D eigenvalue weighted by atomic mass is 16.5. The minimum atomic E-state index is 0.129. The highest BCUT2D eigenvalue weighted by molar-refractivity contribution is 5.94. The molecule has 28 heavy (non-hydrogen) atoms. The Balaban J connectivity index is 1.33. The molecule has 0 N–H and O–H groups in total. The number of anilines is 1. The zero-order valence-electron chi connectivity index (χ0n) is 16.5. The van der Waals surface area contributed by atoms with Crippen LogP contribution in [0, 0.1) is 0 Å². The van der Waals surface area contributed by atoms with Gasteiger partial charge >= 0.3 is 0 Å². The van der Waals surface area contributed by atoms with E-state index in [0.717, 1.165) is 57.0 Å². The van der Waals surface area contributed by atoms with Crippen LogP contribution in [0.4, 0.5) is 5.69 Å². The second-order valence-electron chi connectivity index (χ2n) is 7.50. The Hall–Kier alpha value is -2.60. The number of nitrogens with zero attached hydrogens (tertiary/aromatic N) is 4.